The van der Waals surface area contributed by atoms with Crippen LogP contribution in [-0.2, 0) is 16.0 Å². The Bertz CT molecular complexity index is 1400. The van der Waals surface area contributed by atoms with E-state index in [9.17, 15) is 34.8 Å². The first-order valence-electron chi connectivity index (χ1n) is 13.6. The minimum Gasteiger partial charge on any atom is -0.507 e. The highest BCUT2D eigenvalue weighted by Gasteiger charge is 2.75. The summed E-state index contributed by atoms with van der Waals surface area (Å²) in [5.74, 6) is -6.43. The Labute approximate surface area is 233 Å². The van der Waals surface area contributed by atoms with Crippen molar-refractivity contribution in [3.05, 3.63) is 47.5 Å². The number of hydrogen-bond acceptors (Lipinski definition) is 8. The number of phenols is 1. The molecule has 0 aromatic heterocycles. The Kier molecular flexibility index (Phi) is 6.45. The maximum atomic E-state index is 14.2. The highest BCUT2D eigenvalue weighted by molar-refractivity contribution is 6.09. The zero-order chi connectivity index (χ0) is 29.5. The number of hydrogen-bond donors (Lipinski definition) is 5. The van der Waals surface area contributed by atoms with E-state index in [1.54, 1.807) is 32.2 Å². The molecular formula is C31H37NO8. The van der Waals surface area contributed by atoms with Crippen LogP contribution in [0.4, 0.5) is 0 Å². The summed E-state index contributed by atoms with van der Waals surface area (Å²) in [5.41, 5.74) is 2.81. The SMILES string of the molecule is COc1ccc(-c2ccc(O)c3c2C[C@]2(C)C[C@]4(C)[C@@H](C(C)C)C(O)[C@@H](C(N)=O)C(=O)[C@]4(O)C(O)[C@H]2C3=O)cc1. The molecule has 0 spiro atoms. The van der Waals surface area contributed by atoms with Crippen LogP contribution < -0.4 is 10.5 Å². The lowest BCUT2D eigenvalue weighted by atomic mass is 9.39. The van der Waals surface area contributed by atoms with Gasteiger partial charge in [-0.05, 0) is 65.0 Å². The second kappa shape index (κ2) is 9.12. The number of carbonyl (C=O) groups is 3. The molecule has 1 amide bonds. The second-order valence-electron chi connectivity index (χ2n) is 12.7. The topological polar surface area (TPSA) is 167 Å². The van der Waals surface area contributed by atoms with Gasteiger partial charge in [0.25, 0.3) is 0 Å². The van der Waals surface area contributed by atoms with Gasteiger partial charge < -0.3 is 30.9 Å². The van der Waals surface area contributed by atoms with E-state index in [2.05, 4.69) is 0 Å². The van der Waals surface area contributed by atoms with Gasteiger partial charge in [-0.15, -0.1) is 0 Å². The number of aromatic hydroxyl groups is 1. The monoisotopic (exact) mass is 551 g/mol. The van der Waals surface area contributed by atoms with Gasteiger partial charge in [0.2, 0.25) is 5.91 Å². The molecule has 0 radical (unpaired) electrons. The highest BCUT2D eigenvalue weighted by Crippen LogP contribution is 2.66. The lowest BCUT2D eigenvalue weighted by Gasteiger charge is -2.66. The molecule has 214 valence electrons. The van der Waals surface area contributed by atoms with Gasteiger partial charge in [0, 0.05) is 5.41 Å². The van der Waals surface area contributed by atoms with Gasteiger partial charge in [-0.1, -0.05) is 45.9 Å². The second-order valence-corrected chi connectivity index (χ2v) is 12.7. The first-order valence-corrected chi connectivity index (χ1v) is 13.6. The number of aliphatic hydroxyl groups is 3. The molecule has 3 aliphatic carbocycles. The summed E-state index contributed by atoms with van der Waals surface area (Å²) in [4.78, 5) is 40.3. The average Bonchev–Trinajstić information content (AvgIpc) is 2.86. The molecule has 2 aromatic carbocycles. The summed E-state index contributed by atoms with van der Waals surface area (Å²) in [6, 6.07) is 10.5. The Morgan fingerprint density at radius 1 is 1.07 bits per heavy atom. The van der Waals surface area contributed by atoms with Gasteiger partial charge in [-0.3, -0.25) is 14.4 Å². The minimum absolute atomic E-state index is 0.0391. The van der Waals surface area contributed by atoms with E-state index in [1.165, 1.54) is 6.07 Å². The zero-order valence-corrected chi connectivity index (χ0v) is 23.3. The number of amides is 1. The minimum atomic E-state index is -2.53. The number of ketones is 2. The van der Waals surface area contributed by atoms with Crippen LogP contribution in [0.15, 0.2) is 36.4 Å². The van der Waals surface area contributed by atoms with Crippen LogP contribution in [0.2, 0.25) is 0 Å². The Balaban J connectivity index is 1.71. The van der Waals surface area contributed by atoms with Crippen LogP contribution in [0.3, 0.4) is 0 Å². The number of methoxy groups -OCH3 is 1. The third-order valence-electron chi connectivity index (χ3n) is 10.1. The number of primary amides is 1. The van der Waals surface area contributed by atoms with Crippen molar-refractivity contribution >= 4 is 17.5 Å². The van der Waals surface area contributed by atoms with Crippen molar-refractivity contribution < 1.29 is 39.5 Å². The Hall–Kier alpha value is -3.27. The van der Waals surface area contributed by atoms with Crippen molar-refractivity contribution in [3.8, 4) is 22.6 Å². The number of fused-ring (bicyclic) bond motifs is 3. The van der Waals surface area contributed by atoms with Gasteiger partial charge in [-0.2, -0.15) is 0 Å². The predicted octanol–water partition coefficient (Wildman–Crippen LogP) is 2.25. The average molecular weight is 552 g/mol. The van der Waals surface area contributed by atoms with E-state index >= 15 is 0 Å². The zero-order valence-electron chi connectivity index (χ0n) is 23.3. The molecule has 6 N–H and O–H groups in total. The molecular weight excluding hydrogens is 514 g/mol. The number of nitrogens with two attached hydrogens (primary N) is 1. The Morgan fingerprint density at radius 3 is 2.25 bits per heavy atom. The number of aliphatic hydroxyl groups excluding tert-OH is 2. The molecule has 2 saturated carbocycles. The van der Waals surface area contributed by atoms with Crippen LogP contribution in [0.1, 0.15) is 50.0 Å². The number of Topliss-reactive ketones (excluding diaryl/α,β-unsaturated/α-hetero) is 2. The molecule has 2 fully saturated rings. The molecule has 2 unspecified atom stereocenters. The maximum absolute atomic E-state index is 14.2. The van der Waals surface area contributed by atoms with Crippen LogP contribution >= 0.6 is 0 Å². The number of benzene rings is 2. The summed E-state index contributed by atoms with van der Waals surface area (Å²) in [5, 5.41) is 46.2. The van der Waals surface area contributed by atoms with E-state index < -0.39 is 63.9 Å². The van der Waals surface area contributed by atoms with Gasteiger partial charge in [0.1, 0.15) is 23.5 Å². The number of rotatable bonds is 4. The van der Waals surface area contributed by atoms with Crippen molar-refractivity contribution in [3.63, 3.8) is 0 Å². The lowest BCUT2D eigenvalue weighted by molar-refractivity contribution is -0.265. The largest absolute Gasteiger partial charge is 0.507 e. The summed E-state index contributed by atoms with van der Waals surface area (Å²) < 4.78 is 5.27. The summed E-state index contributed by atoms with van der Waals surface area (Å²) in [6.07, 6.45) is -3.01. The van der Waals surface area contributed by atoms with Crippen molar-refractivity contribution in [2.24, 2.45) is 40.2 Å². The predicted molar refractivity (Wildman–Crippen MR) is 145 cm³/mol. The summed E-state index contributed by atoms with van der Waals surface area (Å²) >= 11 is 0. The summed E-state index contributed by atoms with van der Waals surface area (Å²) in [7, 11) is 1.57. The van der Waals surface area contributed by atoms with Crippen molar-refractivity contribution in [1.82, 2.24) is 0 Å². The van der Waals surface area contributed by atoms with E-state index in [1.807, 2.05) is 32.9 Å². The molecule has 9 heteroatoms. The molecule has 0 bridgehead atoms. The molecule has 40 heavy (non-hydrogen) atoms. The fourth-order valence-electron chi connectivity index (χ4n) is 8.57. The van der Waals surface area contributed by atoms with Gasteiger partial charge >= 0.3 is 0 Å². The highest BCUT2D eigenvalue weighted by atomic mass is 16.5. The summed E-state index contributed by atoms with van der Waals surface area (Å²) in [6.45, 7) is 7.11. The van der Waals surface area contributed by atoms with Gasteiger partial charge in [-0.25, -0.2) is 0 Å². The van der Waals surface area contributed by atoms with Crippen molar-refractivity contribution in [2.45, 2.75) is 58.3 Å². The Morgan fingerprint density at radius 2 is 1.70 bits per heavy atom. The van der Waals surface area contributed by atoms with Gasteiger partial charge in [0.05, 0.1) is 24.7 Å². The third-order valence-corrected chi connectivity index (χ3v) is 10.1. The molecule has 8 atom stereocenters. The quantitative estimate of drug-likeness (QED) is 0.361. The van der Waals surface area contributed by atoms with Crippen LogP contribution in [0.25, 0.3) is 11.1 Å². The standard InChI is InChI=1S/C31H37NO8/c1-14(2)22-25(35)21(28(32)38)26(36)31(39)27(37)23-24(34)20-18(12-29(23,3)13-30(22,31)4)17(10-11-19(20)33)15-6-8-16(40-5)9-7-15/h6-11,14,21-23,25,27,33,35,37,39H,12-13H2,1-5H3,(H2,32,38)/t21-,22+,23-,25?,27?,29-,30-,31+/m1/s1. The fourth-order valence-corrected chi connectivity index (χ4v) is 8.57. The van der Waals surface area contributed by atoms with Crippen LogP contribution in [-0.4, -0.2) is 62.8 Å². The van der Waals surface area contributed by atoms with E-state index in [4.69, 9.17) is 10.5 Å². The van der Waals surface area contributed by atoms with Gasteiger partial charge in [0.15, 0.2) is 17.2 Å². The molecule has 0 saturated heterocycles. The van der Waals surface area contributed by atoms with E-state index in [-0.39, 0.29) is 30.1 Å². The van der Waals surface area contributed by atoms with E-state index in [0.717, 1.165) is 11.1 Å². The number of carbonyl (C=O) groups excluding carboxylic acids is 3. The lowest BCUT2D eigenvalue weighted by Crippen LogP contribution is -2.79. The number of ether oxygens (including phenoxy) is 1. The van der Waals surface area contributed by atoms with Crippen molar-refractivity contribution in [1.29, 1.82) is 0 Å². The molecule has 3 aliphatic rings. The molecule has 5 rings (SSSR count). The first kappa shape index (κ1) is 28.3. The first-order chi connectivity index (χ1) is 18.6. The maximum Gasteiger partial charge on any atom is 0.230 e. The smallest absolute Gasteiger partial charge is 0.230 e. The molecule has 9 nitrogen and oxygen atoms in total. The number of phenolic OH excluding ortho intramolecular Hbond substituents is 1. The third kappa shape index (κ3) is 3.53. The molecule has 2 aromatic rings. The van der Waals surface area contributed by atoms with Crippen LogP contribution in [0.5, 0.6) is 11.5 Å². The molecule has 0 heterocycles. The molecule has 0 aliphatic heterocycles. The van der Waals surface area contributed by atoms with E-state index in [0.29, 0.717) is 11.3 Å². The van der Waals surface area contributed by atoms with Crippen molar-refractivity contribution in [2.75, 3.05) is 7.11 Å². The fraction of sp³-hybridized carbons (Fsp3) is 0.516. The van der Waals surface area contributed by atoms with Crippen LogP contribution in [0, 0.1) is 34.5 Å². The normalized spacial score (nSPS) is 37.0.